The van der Waals surface area contributed by atoms with Crippen LogP contribution in [0.1, 0.15) is 27.8 Å². The van der Waals surface area contributed by atoms with Crippen LogP contribution in [0.4, 0.5) is 11.4 Å². The summed E-state index contributed by atoms with van der Waals surface area (Å²) in [6.45, 7) is 2.24. The topological polar surface area (TPSA) is 101 Å². The molecule has 0 atom stereocenters. The first-order valence-corrected chi connectivity index (χ1v) is 8.17. The smallest absolute Gasteiger partial charge is 0.293 e. The zero-order valence-corrected chi connectivity index (χ0v) is 14.1. The van der Waals surface area contributed by atoms with Crippen molar-refractivity contribution in [1.29, 1.82) is 0 Å². The van der Waals surface area contributed by atoms with Gasteiger partial charge in [-0.1, -0.05) is 11.2 Å². The molecule has 0 fully saturated rings. The molecule has 0 unspecified atom stereocenters. The molecule has 8 heteroatoms. The number of benzene rings is 1. The van der Waals surface area contributed by atoms with Gasteiger partial charge in [0.25, 0.3) is 5.91 Å². The summed E-state index contributed by atoms with van der Waals surface area (Å²) < 4.78 is 10.1. The first-order valence-electron chi connectivity index (χ1n) is 8.17. The highest BCUT2D eigenvalue weighted by Gasteiger charge is 2.27. The second kappa shape index (κ2) is 6.47. The van der Waals surface area contributed by atoms with Gasteiger partial charge in [-0.15, -0.1) is 0 Å². The van der Waals surface area contributed by atoms with Gasteiger partial charge in [-0.3, -0.25) is 9.59 Å². The number of hydrogen-bond donors (Lipinski definition) is 1. The van der Waals surface area contributed by atoms with E-state index in [1.807, 2.05) is 12.1 Å². The number of aryl methyl sites for hydroxylation is 1. The van der Waals surface area contributed by atoms with Crippen LogP contribution >= 0.6 is 0 Å². The van der Waals surface area contributed by atoms with E-state index in [4.69, 9.17) is 8.94 Å². The van der Waals surface area contributed by atoms with Gasteiger partial charge in [0.15, 0.2) is 11.6 Å². The van der Waals surface area contributed by atoms with Crippen molar-refractivity contribution in [3.63, 3.8) is 0 Å². The van der Waals surface area contributed by atoms with Gasteiger partial charge in [0.1, 0.15) is 0 Å². The molecule has 2 aromatic heterocycles. The molecule has 8 nitrogen and oxygen atoms in total. The third kappa shape index (κ3) is 3.08. The van der Waals surface area contributed by atoms with E-state index in [1.54, 1.807) is 30.0 Å². The Labute approximate surface area is 148 Å². The molecule has 1 N–H and O–H groups in total. The summed E-state index contributed by atoms with van der Waals surface area (Å²) in [5, 5.41) is 6.51. The first-order chi connectivity index (χ1) is 12.6. The number of hydrogen-bond acceptors (Lipinski definition) is 6. The molecule has 1 aliphatic rings. The highest BCUT2D eigenvalue weighted by molar-refractivity contribution is 6.06. The number of nitrogens with zero attached hydrogens (tertiary/aromatic N) is 3. The van der Waals surface area contributed by atoms with E-state index < -0.39 is 0 Å². The van der Waals surface area contributed by atoms with E-state index in [2.05, 4.69) is 15.5 Å². The average molecular weight is 352 g/mol. The molecule has 0 saturated carbocycles. The zero-order chi connectivity index (χ0) is 18.1. The molecule has 1 aliphatic heterocycles. The van der Waals surface area contributed by atoms with Crippen molar-refractivity contribution >= 4 is 23.2 Å². The maximum absolute atomic E-state index is 12.6. The molecule has 0 radical (unpaired) electrons. The van der Waals surface area contributed by atoms with Crippen molar-refractivity contribution in [2.24, 2.45) is 0 Å². The summed E-state index contributed by atoms with van der Waals surface area (Å²) in [6, 6.07) is 8.85. The van der Waals surface area contributed by atoms with Crippen molar-refractivity contribution in [3.8, 4) is 0 Å². The fourth-order valence-electron chi connectivity index (χ4n) is 2.96. The summed E-state index contributed by atoms with van der Waals surface area (Å²) in [5.41, 5.74) is 2.43. The minimum absolute atomic E-state index is 0.0173. The van der Waals surface area contributed by atoms with Crippen LogP contribution in [0.15, 0.2) is 45.5 Å². The second-order valence-corrected chi connectivity index (χ2v) is 5.98. The zero-order valence-electron chi connectivity index (χ0n) is 14.1. The van der Waals surface area contributed by atoms with E-state index in [1.165, 1.54) is 6.26 Å². The maximum Gasteiger partial charge on any atom is 0.293 e. The summed E-state index contributed by atoms with van der Waals surface area (Å²) in [4.78, 5) is 30.4. The largest absolute Gasteiger partial charge is 0.459 e. The van der Waals surface area contributed by atoms with Crippen molar-refractivity contribution in [2.45, 2.75) is 19.8 Å². The van der Waals surface area contributed by atoms with E-state index in [-0.39, 0.29) is 18.2 Å². The van der Waals surface area contributed by atoms with Crippen LogP contribution in [-0.4, -0.2) is 28.5 Å². The molecule has 26 heavy (non-hydrogen) atoms. The highest BCUT2D eigenvalue weighted by Crippen LogP contribution is 2.32. The van der Waals surface area contributed by atoms with Gasteiger partial charge in [0.05, 0.1) is 12.7 Å². The number of fused-ring (bicyclic) bond motifs is 1. The molecule has 2 amide bonds. The lowest BCUT2D eigenvalue weighted by Gasteiger charge is -2.16. The van der Waals surface area contributed by atoms with Gasteiger partial charge in [-0.25, -0.2) is 0 Å². The molecule has 0 saturated heterocycles. The normalized spacial score (nSPS) is 12.9. The van der Waals surface area contributed by atoms with Gasteiger partial charge in [0.2, 0.25) is 11.8 Å². The Morgan fingerprint density at radius 3 is 2.92 bits per heavy atom. The van der Waals surface area contributed by atoms with Gasteiger partial charge in [-0.05, 0) is 36.2 Å². The molecule has 3 aromatic rings. The predicted molar refractivity (Wildman–Crippen MR) is 91.9 cm³/mol. The van der Waals surface area contributed by atoms with Crippen molar-refractivity contribution < 1.29 is 18.5 Å². The second-order valence-electron chi connectivity index (χ2n) is 5.98. The van der Waals surface area contributed by atoms with Crippen LogP contribution in [0.5, 0.6) is 0 Å². The van der Waals surface area contributed by atoms with E-state index in [9.17, 15) is 9.59 Å². The number of rotatable bonds is 4. The Kier molecular flexibility index (Phi) is 4.00. The maximum atomic E-state index is 12.6. The molecule has 4 rings (SSSR count). The van der Waals surface area contributed by atoms with Crippen LogP contribution in [0.3, 0.4) is 0 Å². The van der Waals surface area contributed by atoms with Gasteiger partial charge >= 0.3 is 0 Å². The summed E-state index contributed by atoms with van der Waals surface area (Å²) >= 11 is 0. The Morgan fingerprint density at radius 2 is 2.19 bits per heavy atom. The van der Waals surface area contributed by atoms with Crippen LogP contribution in [0.25, 0.3) is 0 Å². The van der Waals surface area contributed by atoms with Crippen LogP contribution < -0.4 is 10.2 Å². The molecule has 132 valence electrons. The lowest BCUT2D eigenvalue weighted by molar-refractivity contribution is -0.115. The monoisotopic (exact) mass is 352 g/mol. The average Bonchev–Trinajstić information content (AvgIpc) is 3.35. The Hall–Kier alpha value is -3.42. The standard InChI is InChI=1S/C18H16N4O4/c1-11-19-16(21-26-11)10-17(23)20-13-5-4-12-6-7-22(14(12)9-13)18(24)15-3-2-8-25-15/h2-5,8-9H,6-7,10H2,1H3,(H,20,23). The van der Waals surface area contributed by atoms with Gasteiger partial charge in [-0.2, -0.15) is 4.98 Å². The first kappa shape index (κ1) is 16.1. The highest BCUT2D eigenvalue weighted by atomic mass is 16.5. The quantitative estimate of drug-likeness (QED) is 0.773. The Bertz CT molecular complexity index is 961. The van der Waals surface area contributed by atoms with Crippen molar-refractivity contribution in [3.05, 3.63) is 59.6 Å². The summed E-state index contributed by atoms with van der Waals surface area (Å²) in [7, 11) is 0. The van der Waals surface area contributed by atoms with E-state index >= 15 is 0 Å². The lowest BCUT2D eigenvalue weighted by Crippen LogP contribution is -2.28. The fourth-order valence-corrected chi connectivity index (χ4v) is 2.96. The molecular weight excluding hydrogens is 336 g/mol. The van der Waals surface area contributed by atoms with Crippen LogP contribution in [0.2, 0.25) is 0 Å². The SMILES string of the molecule is Cc1nc(CC(=O)Nc2ccc3c(c2)N(C(=O)c2ccco2)CC3)no1. The van der Waals surface area contributed by atoms with Crippen LogP contribution in [-0.2, 0) is 17.6 Å². The number of carbonyl (C=O) groups excluding carboxylic acids is 2. The minimum atomic E-state index is -0.257. The van der Waals surface area contributed by atoms with Crippen molar-refractivity contribution in [1.82, 2.24) is 10.1 Å². The number of amides is 2. The Morgan fingerprint density at radius 1 is 1.31 bits per heavy atom. The third-order valence-corrected chi connectivity index (χ3v) is 4.13. The molecular formula is C18H16N4O4. The molecule has 1 aromatic carbocycles. The van der Waals surface area contributed by atoms with Crippen LogP contribution in [0, 0.1) is 6.92 Å². The number of nitrogens with one attached hydrogen (secondary N) is 1. The van der Waals surface area contributed by atoms with Gasteiger partial charge < -0.3 is 19.2 Å². The molecule has 0 spiro atoms. The Balaban J connectivity index is 1.50. The number of carbonyl (C=O) groups is 2. The summed E-state index contributed by atoms with van der Waals surface area (Å²) in [5.74, 6) is 0.583. The number of anilines is 2. The van der Waals surface area contributed by atoms with Crippen molar-refractivity contribution in [2.75, 3.05) is 16.8 Å². The van der Waals surface area contributed by atoms with Gasteiger partial charge in [0, 0.05) is 24.8 Å². The predicted octanol–water partition coefficient (Wildman–Crippen LogP) is 2.36. The fraction of sp³-hybridized carbons (Fsp3) is 0.222. The summed E-state index contributed by atoms with van der Waals surface area (Å²) in [6.07, 6.45) is 2.25. The number of aromatic nitrogens is 2. The van der Waals surface area contributed by atoms with E-state index in [0.717, 1.165) is 17.7 Å². The molecule has 0 aliphatic carbocycles. The number of furan rings is 1. The lowest BCUT2D eigenvalue weighted by atomic mass is 10.1. The van der Waals surface area contributed by atoms with E-state index in [0.29, 0.717) is 29.7 Å². The minimum Gasteiger partial charge on any atom is -0.459 e. The molecule has 3 heterocycles. The molecule has 0 bridgehead atoms. The third-order valence-electron chi connectivity index (χ3n) is 4.13.